The van der Waals surface area contributed by atoms with Crippen LogP contribution in [-0.2, 0) is 11.0 Å². The molecule has 21 heavy (non-hydrogen) atoms. The minimum absolute atomic E-state index is 0.0607. The van der Waals surface area contributed by atoms with Gasteiger partial charge >= 0.3 is 12.1 Å². The van der Waals surface area contributed by atoms with Gasteiger partial charge in [-0.3, -0.25) is 0 Å². The highest BCUT2D eigenvalue weighted by atomic mass is 19.4. The molecule has 10 heteroatoms. The number of nitrogen functional groups attached to an aromatic ring is 1. The monoisotopic (exact) mass is 304 g/mol. The van der Waals surface area contributed by atoms with Gasteiger partial charge in [-0.2, -0.15) is 18.2 Å². The standard InChI is InChI=1S/C11H8F4N4O2/c1-20-17-4-5-2-7(12)6(3-8(5)16)9-18-10(21-19-9)11(13,14)15/h2-4H,16H2,1H3/b17-4-. The van der Waals surface area contributed by atoms with Crippen molar-refractivity contribution >= 4 is 11.9 Å². The lowest BCUT2D eigenvalue weighted by Crippen LogP contribution is -2.05. The van der Waals surface area contributed by atoms with Crippen LogP contribution in [0.5, 0.6) is 0 Å². The largest absolute Gasteiger partial charge is 0.471 e. The highest BCUT2D eigenvalue weighted by Gasteiger charge is 2.38. The van der Waals surface area contributed by atoms with Crippen molar-refractivity contribution in [2.45, 2.75) is 6.18 Å². The van der Waals surface area contributed by atoms with Gasteiger partial charge in [0.1, 0.15) is 12.9 Å². The van der Waals surface area contributed by atoms with Crippen molar-refractivity contribution in [1.29, 1.82) is 0 Å². The summed E-state index contributed by atoms with van der Waals surface area (Å²) in [7, 11) is 1.29. The topological polar surface area (TPSA) is 86.5 Å². The fraction of sp³-hybridized carbons (Fsp3) is 0.182. The number of oxime groups is 1. The summed E-state index contributed by atoms with van der Waals surface area (Å²) in [5.74, 6) is -3.00. The third-order valence-electron chi connectivity index (χ3n) is 2.38. The van der Waals surface area contributed by atoms with Crippen molar-refractivity contribution < 1.29 is 26.9 Å². The van der Waals surface area contributed by atoms with Gasteiger partial charge in [-0.05, 0) is 12.1 Å². The van der Waals surface area contributed by atoms with Crippen molar-refractivity contribution in [3.63, 3.8) is 0 Å². The molecule has 0 atom stereocenters. The summed E-state index contributed by atoms with van der Waals surface area (Å²) in [5.41, 5.74) is 5.57. The molecule has 1 heterocycles. The van der Waals surface area contributed by atoms with Crippen molar-refractivity contribution in [1.82, 2.24) is 10.1 Å². The van der Waals surface area contributed by atoms with Crippen LogP contribution in [0.1, 0.15) is 11.5 Å². The van der Waals surface area contributed by atoms with Crippen LogP contribution in [0.2, 0.25) is 0 Å². The van der Waals surface area contributed by atoms with Gasteiger partial charge in [0.25, 0.3) is 0 Å². The molecule has 2 N–H and O–H groups in total. The molecule has 0 aliphatic carbocycles. The molecule has 0 radical (unpaired) electrons. The molecule has 0 spiro atoms. The van der Waals surface area contributed by atoms with Crippen LogP contribution in [-0.4, -0.2) is 23.5 Å². The first-order chi connectivity index (χ1) is 9.82. The van der Waals surface area contributed by atoms with E-state index in [9.17, 15) is 17.6 Å². The van der Waals surface area contributed by atoms with Crippen molar-refractivity contribution in [3.05, 3.63) is 29.4 Å². The quantitative estimate of drug-likeness (QED) is 0.407. The first-order valence-electron chi connectivity index (χ1n) is 5.39. The second kappa shape index (κ2) is 5.38. The summed E-state index contributed by atoms with van der Waals surface area (Å²) in [6.07, 6.45) is -3.65. The van der Waals surface area contributed by atoms with Gasteiger partial charge in [0, 0.05) is 11.3 Å². The van der Waals surface area contributed by atoms with Crippen LogP contribution < -0.4 is 5.73 Å². The summed E-state index contributed by atoms with van der Waals surface area (Å²) in [6, 6.07) is 2.05. The van der Waals surface area contributed by atoms with Gasteiger partial charge < -0.3 is 15.1 Å². The maximum atomic E-state index is 13.9. The second-order valence-corrected chi connectivity index (χ2v) is 3.80. The van der Waals surface area contributed by atoms with E-state index in [1.807, 2.05) is 0 Å². The van der Waals surface area contributed by atoms with E-state index in [2.05, 4.69) is 24.7 Å². The van der Waals surface area contributed by atoms with Crippen LogP contribution in [0.15, 0.2) is 21.8 Å². The van der Waals surface area contributed by atoms with E-state index in [4.69, 9.17) is 5.73 Å². The molecule has 1 aromatic heterocycles. The molecule has 112 valence electrons. The Labute approximate surface area is 115 Å². The summed E-state index contributed by atoms with van der Waals surface area (Å²) in [6.45, 7) is 0. The number of nitrogens with two attached hydrogens (primary N) is 1. The fourth-order valence-corrected chi connectivity index (χ4v) is 1.45. The van der Waals surface area contributed by atoms with E-state index in [1.165, 1.54) is 7.11 Å². The number of hydrogen-bond donors (Lipinski definition) is 1. The van der Waals surface area contributed by atoms with Gasteiger partial charge in [-0.1, -0.05) is 10.3 Å². The Morgan fingerprint density at radius 2 is 2.10 bits per heavy atom. The molecule has 0 aliphatic rings. The van der Waals surface area contributed by atoms with E-state index in [0.717, 1.165) is 18.3 Å². The number of hydrogen-bond acceptors (Lipinski definition) is 6. The summed E-state index contributed by atoms with van der Waals surface area (Å²) < 4.78 is 55.0. The molecule has 0 unspecified atom stereocenters. The van der Waals surface area contributed by atoms with Crippen LogP contribution in [0.25, 0.3) is 11.4 Å². The molecular formula is C11H8F4N4O2. The zero-order valence-electron chi connectivity index (χ0n) is 10.5. The Hall–Kier alpha value is -2.65. The predicted octanol–water partition coefficient (Wildman–Crippen LogP) is 2.46. The lowest BCUT2D eigenvalue weighted by atomic mass is 10.1. The zero-order chi connectivity index (χ0) is 15.6. The third-order valence-corrected chi connectivity index (χ3v) is 2.38. The molecule has 0 saturated heterocycles. The van der Waals surface area contributed by atoms with Crippen molar-refractivity contribution in [2.24, 2.45) is 5.16 Å². The first kappa shape index (κ1) is 14.8. The number of aromatic nitrogens is 2. The van der Waals surface area contributed by atoms with Crippen LogP contribution >= 0.6 is 0 Å². The predicted molar refractivity (Wildman–Crippen MR) is 63.7 cm³/mol. The number of halogens is 4. The molecule has 0 fully saturated rings. The minimum Gasteiger partial charge on any atom is -0.399 e. The van der Waals surface area contributed by atoms with Crippen molar-refractivity contribution in [3.8, 4) is 11.4 Å². The Morgan fingerprint density at radius 1 is 1.38 bits per heavy atom. The summed E-state index contributed by atoms with van der Waals surface area (Å²) >= 11 is 0. The van der Waals surface area contributed by atoms with Gasteiger partial charge in [-0.25, -0.2) is 4.39 Å². The average Bonchev–Trinajstić information content (AvgIpc) is 2.88. The van der Waals surface area contributed by atoms with Gasteiger partial charge in [0.2, 0.25) is 5.82 Å². The lowest BCUT2D eigenvalue weighted by molar-refractivity contribution is -0.159. The molecule has 2 rings (SSSR count). The summed E-state index contributed by atoms with van der Waals surface area (Å²) in [4.78, 5) is 7.51. The van der Waals surface area contributed by atoms with Gasteiger partial charge in [0.05, 0.1) is 11.8 Å². The molecule has 6 nitrogen and oxygen atoms in total. The first-order valence-corrected chi connectivity index (χ1v) is 5.39. The van der Waals surface area contributed by atoms with Crippen LogP contribution in [0.3, 0.4) is 0 Å². The number of benzene rings is 1. The van der Waals surface area contributed by atoms with E-state index < -0.39 is 23.7 Å². The maximum Gasteiger partial charge on any atom is 0.471 e. The Bertz CT molecular complexity index is 681. The minimum atomic E-state index is -4.81. The molecule has 1 aromatic carbocycles. The van der Waals surface area contributed by atoms with E-state index in [1.54, 1.807) is 0 Å². The maximum absolute atomic E-state index is 13.9. The Kier molecular flexibility index (Phi) is 3.78. The second-order valence-electron chi connectivity index (χ2n) is 3.80. The van der Waals surface area contributed by atoms with E-state index >= 15 is 0 Å². The smallest absolute Gasteiger partial charge is 0.399 e. The number of alkyl halides is 3. The number of rotatable bonds is 3. The average molecular weight is 304 g/mol. The normalized spacial score (nSPS) is 12.0. The molecule has 0 amide bonds. The zero-order valence-corrected chi connectivity index (χ0v) is 10.5. The molecule has 2 aromatic rings. The molecule has 0 bridgehead atoms. The lowest BCUT2D eigenvalue weighted by Gasteiger charge is -2.03. The summed E-state index contributed by atoms with van der Waals surface area (Å²) in [5, 5.41) is 6.50. The van der Waals surface area contributed by atoms with Crippen LogP contribution in [0.4, 0.5) is 23.2 Å². The third kappa shape index (κ3) is 3.09. The Balaban J connectivity index is 2.43. The highest BCUT2D eigenvalue weighted by Crippen LogP contribution is 2.31. The van der Waals surface area contributed by atoms with Crippen LogP contribution in [0, 0.1) is 5.82 Å². The molecule has 0 aliphatic heterocycles. The molecule has 0 saturated carbocycles. The SMILES string of the molecule is CO/N=C\c1cc(F)c(-c2noc(C(F)(F)F)n2)cc1N. The van der Waals surface area contributed by atoms with Gasteiger partial charge in [-0.15, -0.1) is 0 Å². The van der Waals surface area contributed by atoms with Crippen molar-refractivity contribution in [2.75, 3.05) is 12.8 Å². The van der Waals surface area contributed by atoms with E-state index in [0.29, 0.717) is 0 Å². The molecular weight excluding hydrogens is 296 g/mol. The highest BCUT2D eigenvalue weighted by molar-refractivity contribution is 5.88. The van der Waals surface area contributed by atoms with Gasteiger partial charge in [0.15, 0.2) is 0 Å². The Morgan fingerprint density at radius 3 is 2.67 bits per heavy atom. The van der Waals surface area contributed by atoms with E-state index in [-0.39, 0.29) is 16.8 Å². The number of nitrogens with zero attached hydrogens (tertiary/aromatic N) is 3. The number of anilines is 1. The fourth-order valence-electron chi connectivity index (χ4n) is 1.45.